The number of nitro groups is 1. The minimum Gasteiger partial charge on any atom is -0.452 e. The molecular weight excluding hydrogens is 292 g/mol. The predicted molar refractivity (Wildman–Crippen MR) is 75.4 cm³/mol. The number of carbonyl (C=O) groups excluding carboxylic acids is 2. The van der Waals surface area contributed by atoms with Gasteiger partial charge in [0.1, 0.15) is 5.56 Å². The molecule has 1 aliphatic heterocycles. The Morgan fingerprint density at radius 1 is 1.41 bits per heavy atom. The fraction of sp³-hybridized carbons (Fsp3) is 0.429. The summed E-state index contributed by atoms with van der Waals surface area (Å²) in [6.07, 6.45) is 1.85. The van der Waals surface area contributed by atoms with Crippen LogP contribution in [0.3, 0.4) is 0 Å². The van der Waals surface area contributed by atoms with Gasteiger partial charge in [-0.05, 0) is 18.9 Å². The molecular formula is C14H16N2O6. The lowest BCUT2D eigenvalue weighted by molar-refractivity contribution is -0.385. The van der Waals surface area contributed by atoms with Crippen LogP contribution in [0.1, 0.15) is 23.2 Å². The Hall–Kier alpha value is -2.48. The summed E-state index contributed by atoms with van der Waals surface area (Å²) < 4.78 is 10.1. The minimum atomic E-state index is -0.903. The Labute approximate surface area is 126 Å². The van der Waals surface area contributed by atoms with Gasteiger partial charge in [0.25, 0.3) is 11.6 Å². The zero-order valence-electron chi connectivity index (χ0n) is 11.8. The summed E-state index contributed by atoms with van der Waals surface area (Å²) in [5, 5.41) is 13.4. The zero-order valence-corrected chi connectivity index (χ0v) is 11.8. The summed E-state index contributed by atoms with van der Waals surface area (Å²) in [7, 11) is 0. The highest BCUT2D eigenvalue weighted by Crippen LogP contribution is 2.18. The van der Waals surface area contributed by atoms with Crippen molar-refractivity contribution in [2.75, 3.05) is 19.8 Å². The first-order valence-electron chi connectivity index (χ1n) is 6.87. The molecule has 8 nitrogen and oxygen atoms in total. The summed E-state index contributed by atoms with van der Waals surface area (Å²) in [4.78, 5) is 33.5. The van der Waals surface area contributed by atoms with Crippen LogP contribution in [0, 0.1) is 10.1 Å². The molecule has 1 atom stereocenters. The second kappa shape index (κ2) is 7.51. The van der Waals surface area contributed by atoms with Crippen LogP contribution in [0.25, 0.3) is 0 Å². The Morgan fingerprint density at radius 3 is 2.86 bits per heavy atom. The van der Waals surface area contributed by atoms with Gasteiger partial charge in [0.2, 0.25) is 0 Å². The van der Waals surface area contributed by atoms with Crippen LogP contribution in [0.2, 0.25) is 0 Å². The van der Waals surface area contributed by atoms with E-state index in [1.165, 1.54) is 24.3 Å². The average molecular weight is 308 g/mol. The van der Waals surface area contributed by atoms with E-state index in [0.29, 0.717) is 13.2 Å². The highest BCUT2D eigenvalue weighted by Gasteiger charge is 2.21. The number of para-hydroxylation sites is 1. The van der Waals surface area contributed by atoms with E-state index in [0.717, 1.165) is 12.8 Å². The van der Waals surface area contributed by atoms with Crippen molar-refractivity contribution < 1.29 is 24.0 Å². The molecule has 1 aromatic rings. The largest absolute Gasteiger partial charge is 0.452 e. The van der Waals surface area contributed by atoms with Crippen LogP contribution in [0.4, 0.5) is 5.69 Å². The molecule has 2 rings (SSSR count). The number of hydrogen-bond acceptors (Lipinski definition) is 6. The molecule has 8 heteroatoms. The van der Waals surface area contributed by atoms with Crippen LogP contribution >= 0.6 is 0 Å². The molecule has 0 spiro atoms. The third-order valence-corrected chi connectivity index (χ3v) is 3.21. The van der Waals surface area contributed by atoms with Gasteiger partial charge in [-0.25, -0.2) is 4.79 Å². The fourth-order valence-electron chi connectivity index (χ4n) is 2.10. The van der Waals surface area contributed by atoms with Crippen LogP contribution < -0.4 is 5.32 Å². The Kier molecular flexibility index (Phi) is 5.42. The number of nitrogens with zero attached hydrogens (tertiary/aromatic N) is 1. The normalized spacial score (nSPS) is 17.0. The van der Waals surface area contributed by atoms with E-state index in [4.69, 9.17) is 9.47 Å². The Bertz CT molecular complexity index is 568. The lowest BCUT2D eigenvalue weighted by Crippen LogP contribution is -2.34. The molecule has 1 amide bonds. The quantitative estimate of drug-likeness (QED) is 0.478. The van der Waals surface area contributed by atoms with E-state index in [9.17, 15) is 19.7 Å². The maximum Gasteiger partial charge on any atom is 0.345 e. The van der Waals surface area contributed by atoms with E-state index >= 15 is 0 Å². The third-order valence-electron chi connectivity index (χ3n) is 3.21. The van der Waals surface area contributed by atoms with E-state index in [1.54, 1.807) is 0 Å². The first kappa shape index (κ1) is 15.9. The van der Waals surface area contributed by atoms with E-state index < -0.39 is 23.4 Å². The highest BCUT2D eigenvalue weighted by atomic mass is 16.6. The SMILES string of the molecule is O=C(COC(=O)c1ccccc1[N+](=O)[O-])NC[C@H]1CCCO1. The van der Waals surface area contributed by atoms with E-state index in [2.05, 4.69) is 5.32 Å². The van der Waals surface area contributed by atoms with Crippen molar-refractivity contribution in [1.82, 2.24) is 5.32 Å². The van der Waals surface area contributed by atoms with Gasteiger partial charge in [-0.1, -0.05) is 12.1 Å². The molecule has 1 N–H and O–H groups in total. The van der Waals surface area contributed by atoms with Crippen molar-refractivity contribution in [1.29, 1.82) is 0 Å². The first-order chi connectivity index (χ1) is 10.6. The van der Waals surface area contributed by atoms with Crippen molar-refractivity contribution in [3.05, 3.63) is 39.9 Å². The number of rotatable bonds is 6. The van der Waals surface area contributed by atoms with Crippen LogP contribution in [0.15, 0.2) is 24.3 Å². The van der Waals surface area contributed by atoms with Crippen molar-refractivity contribution in [2.45, 2.75) is 18.9 Å². The molecule has 0 radical (unpaired) electrons. The molecule has 0 saturated carbocycles. The van der Waals surface area contributed by atoms with Gasteiger partial charge in [0.05, 0.1) is 11.0 Å². The predicted octanol–water partition coefficient (Wildman–Crippen LogP) is 1.05. The number of nitrogens with one attached hydrogen (secondary N) is 1. The molecule has 22 heavy (non-hydrogen) atoms. The summed E-state index contributed by atoms with van der Waals surface area (Å²) in [6.45, 7) is 0.562. The molecule has 1 aromatic carbocycles. The second-order valence-electron chi connectivity index (χ2n) is 4.79. The molecule has 0 aliphatic carbocycles. The van der Waals surface area contributed by atoms with Crippen LogP contribution in [-0.2, 0) is 14.3 Å². The van der Waals surface area contributed by atoms with Gasteiger partial charge < -0.3 is 14.8 Å². The molecule has 118 valence electrons. The van der Waals surface area contributed by atoms with Crippen molar-refractivity contribution in [3.8, 4) is 0 Å². The average Bonchev–Trinajstić information content (AvgIpc) is 3.04. The van der Waals surface area contributed by atoms with Crippen LogP contribution in [-0.4, -0.2) is 42.7 Å². The maximum absolute atomic E-state index is 11.8. The molecule has 1 aliphatic rings. The molecule has 0 bridgehead atoms. The number of hydrogen-bond donors (Lipinski definition) is 1. The summed E-state index contributed by atoms with van der Waals surface area (Å²) in [5.74, 6) is -1.37. The van der Waals surface area contributed by atoms with Gasteiger partial charge >= 0.3 is 5.97 Å². The number of benzene rings is 1. The monoisotopic (exact) mass is 308 g/mol. The summed E-state index contributed by atoms with van der Waals surface area (Å²) in [6, 6.07) is 5.42. The second-order valence-corrected chi connectivity index (χ2v) is 4.79. The van der Waals surface area contributed by atoms with Crippen molar-refractivity contribution in [2.24, 2.45) is 0 Å². The lowest BCUT2D eigenvalue weighted by Gasteiger charge is -2.11. The van der Waals surface area contributed by atoms with Gasteiger partial charge in [-0.15, -0.1) is 0 Å². The lowest BCUT2D eigenvalue weighted by atomic mass is 10.2. The minimum absolute atomic E-state index is 0.00476. The van der Waals surface area contributed by atoms with E-state index in [1.807, 2.05) is 0 Å². The topological polar surface area (TPSA) is 108 Å². The van der Waals surface area contributed by atoms with Gasteiger partial charge in [0, 0.05) is 19.2 Å². The Morgan fingerprint density at radius 2 is 2.18 bits per heavy atom. The van der Waals surface area contributed by atoms with Gasteiger partial charge in [-0.2, -0.15) is 0 Å². The number of ether oxygens (including phenoxy) is 2. The van der Waals surface area contributed by atoms with Gasteiger partial charge in [-0.3, -0.25) is 14.9 Å². The number of nitro benzene ring substituents is 1. The van der Waals surface area contributed by atoms with Crippen molar-refractivity contribution in [3.63, 3.8) is 0 Å². The third kappa shape index (κ3) is 4.26. The van der Waals surface area contributed by atoms with Crippen molar-refractivity contribution >= 4 is 17.6 Å². The first-order valence-corrected chi connectivity index (χ1v) is 6.87. The summed E-state index contributed by atoms with van der Waals surface area (Å²) in [5.41, 5.74) is -0.535. The summed E-state index contributed by atoms with van der Waals surface area (Å²) >= 11 is 0. The van der Waals surface area contributed by atoms with E-state index in [-0.39, 0.29) is 17.4 Å². The number of amides is 1. The molecule has 0 unspecified atom stereocenters. The van der Waals surface area contributed by atoms with Crippen LogP contribution in [0.5, 0.6) is 0 Å². The maximum atomic E-state index is 11.8. The molecule has 0 aromatic heterocycles. The highest BCUT2D eigenvalue weighted by molar-refractivity contribution is 5.95. The smallest absolute Gasteiger partial charge is 0.345 e. The number of carbonyl (C=O) groups is 2. The molecule has 1 heterocycles. The molecule has 1 saturated heterocycles. The Balaban J connectivity index is 1.82. The fourth-order valence-corrected chi connectivity index (χ4v) is 2.10. The van der Waals surface area contributed by atoms with Gasteiger partial charge in [0.15, 0.2) is 6.61 Å². The zero-order chi connectivity index (χ0) is 15.9. The molecule has 1 fully saturated rings. The number of esters is 1. The standard InChI is InChI=1S/C14H16N2O6/c17-13(15-8-10-4-3-7-21-10)9-22-14(18)11-5-1-2-6-12(11)16(19)20/h1-2,5-6,10H,3-4,7-9H2,(H,15,17)/t10-/m1/s1.